The van der Waals surface area contributed by atoms with Crippen LogP contribution in [0.25, 0.3) is 0 Å². The highest BCUT2D eigenvalue weighted by Gasteiger charge is 2.39. The third-order valence-electron chi connectivity index (χ3n) is 4.33. The fraction of sp³-hybridized carbons (Fsp3) is 0.529. The number of nitrogens with zero attached hydrogens (tertiary/aromatic N) is 1. The molecule has 0 aromatic heterocycles. The first-order valence-electron chi connectivity index (χ1n) is 7.56. The van der Waals surface area contributed by atoms with E-state index in [0.29, 0.717) is 18.7 Å². The molecule has 2 unspecified atom stereocenters. The molecular formula is C17H22FNO2. The van der Waals surface area contributed by atoms with Gasteiger partial charge in [-0.15, -0.1) is 6.58 Å². The molecule has 0 saturated carbocycles. The maximum absolute atomic E-state index is 13.3. The van der Waals surface area contributed by atoms with Gasteiger partial charge < -0.3 is 9.47 Å². The van der Waals surface area contributed by atoms with Crippen LogP contribution in [0.5, 0.6) is 0 Å². The van der Waals surface area contributed by atoms with Crippen molar-refractivity contribution in [3.8, 4) is 0 Å². The first kappa shape index (κ1) is 14.7. The van der Waals surface area contributed by atoms with Crippen LogP contribution in [0.4, 0.5) is 4.39 Å². The molecule has 2 heterocycles. The first-order valence-corrected chi connectivity index (χ1v) is 7.56. The second-order valence-corrected chi connectivity index (χ2v) is 5.86. The number of benzene rings is 1. The van der Waals surface area contributed by atoms with E-state index in [2.05, 4.69) is 11.5 Å². The standard InChI is InChI=1S/C17H22FNO2/c1-2-6-21-17-8-15-11-20-12-16(9-17)19(15)10-13-4-3-5-14(18)7-13/h2-5,7,15-17H,1,6,8-12H2. The SMILES string of the molecule is C=CCOC1CC2COCC(C1)N2Cc1cccc(F)c1. The summed E-state index contributed by atoms with van der Waals surface area (Å²) >= 11 is 0. The maximum Gasteiger partial charge on any atom is 0.123 e. The lowest BCUT2D eigenvalue weighted by Gasteiger charge is -2.48. The van der Waals surface area contributed by atoms with E-state index in [4.69, 9.17) is 9.47 Å². The van der Waals surface area contributed by atoms with Gasteiger partial charge in [0, 0.05) is 18.6 Å². The molecule has 21 heavy (non-hydrogen) atoms. The zero-order valence-electron chi connectivity index (χ0n) is 12.2. The van der Waals surface area contributed by atoms with Crippen molar-refractivity contribution >= 4 is 0 Å². The fourth-order valence-corrected chi connectivity index (χ4v) is 3.38. The second kappa shape index (κ2) is 6.69. The van der Waals surface area contributed by atoms with Crippen molar-refractivity contribution in [2.45, 2.75) is 37.6 Å². The Balaban J connectivity index is 1.67. The van der Waals surface area contributed by atoms with Gasteiger partial charge in [0.2, 0.25) is 0 Å². The number of rotatable bonds is 5. The van der Waals surface area contributed by atoms with E-state index in [1.165, 1.54) is 6.07 Å². The fourth-order valence-electron chi connectivity index (χ4n) is 3.38. The largest absolute Gasteiger partial charge is 0.378 e. The number of piperidine rings is 1. The van der Waals surface area contributed by atoms with Crippen molar-refractivity contribution in [1.82, 2.24) is 4.90 Å². The summed E-state index contributed by atoms with van der Waals surface area (Å²) in [7, 11) is 0. The Hall–Kier alpha value is -1.23. The van der Waals surface area contributed by atoms with Crippen LogP contribution in [0.2, 0.25) is 0 Å². The molecular weight excluding hydrogens is 269 g/mol. The van der Waals surface area contributed by atoms with Gasteiger partial charge in [-0.2, -0.15) is 0 Å². The Morgan fingerprint density at radius 3 is 2.76 bits per heavy atom. The normalized spacial score (nSPS) is 29.3. The van der Waals surface area contributed by atoms with E-state index in [9.17, 15) is 4.39 Å². The number of hydrogen-bond acceptors (Lipinski definition) is 3. The monoisotopic (exact) mass is 291 g/mol. The lowest BCUT2D eigenvalue weighted by molar-refractivity contribution is -0.119. The van der Waals surface area contributed by atoms with E-state index < -0.39 is 0 Å². The van der Waals surface area contributed by atoms with Gasteiger partial charge in [0.05, 0.1) is 25.9 Å². The predicted octanol–water partition coefficient (Wildman–Crippen LogP) is 2.76. The molecule has 1 aromatic rings. The van der Waals surface area contributed by atoms with Crippen LogP contribution in [0.1, 0.15) is 18.4 Å². The highest BCUT2D eigenvalue weighted by molar-refractivity contribution is 5.17. The number of morpholine rings is 1. The molecule has 3 rings (SSSR count). The van der Waals surface area contributed by atoms with Crippen LogP contribution >= 0.6 is 0 Å². The van der Waals surface area contributed by atoms with Crippen molar-refractivity contribution in [1.29, 1.82) is 0 Å². The Labute approximate surface area is 125 Å². The molecule has 2 aliphatic rings. The van der Waals surface area contributed by atoms with Gasteiger partial charge in [-0.05, 0) is 30.5 Å². The first-order chi connectivity index (χ1) is 10.3. The molecule has 0 radical (unpaired) electrons. The summed E-state index contributed by atoms with van der Waals surface area (Å²) in [6, 6.07) is 7.59. The molecule has 2 bridgehead atoms. The van der Waals surface area contributed by atoms with E-state index >= 15 is 0 Å². The van der Waals surface area contributed by atoms with Gasteiger partial charge in [-0.1, -0.05) is 18.2 Å². The van der Waals surface area contributed by atoms with Gasteiger partial charge in [0.15, 0.2) is 0 Å². The number of fused-ring (bicyclic) bond motifs is 2. The molecule has 2 saturated heterocycles. The summed E-state index contributed by atoms with van der Waals surface area (Å²) in [4.78, 5) is 2.45. The molecule has 114 valence electrons. The minimum atomic E-state index is -0.168. The highest BCUT2D eigenvalue weighted by Crippen LogP contribution is 2.30. The van der Waals surface area contributed by atoms with Gasteiger partial charge in [-0.3, -0.25) is 4.90 Å². The summed E-state index contributed by atoms with van der Waals surface area (Å²) in [6.45, 7) is 6.56. The summed E-state index contributed by atoms with van der Waals surface area (Å²) in [6.07, 6.45) is 4.02. The van der Waals surface area contributed by atoms with E-state index in [0.717, 1.165) is 38.2 Å². The lowest BCUT2D eigenvalue weighted by Crippen LogP contribution is -2.57. The smallest absolute Gasteiger partial charge is 0.123 e. The average molecular weight is 291 g/mol. The van der Waals surface area contributed by atoms with Crippen LogP contribution in [0, 0.1) is 5.82 Å². The summed E-state index contributed by atoms with van der Waals surface area (Å²) in [5.41, 5.74) is 1.03. The van der Waals surface area contributed by atoms with Crippen molar-refractivity contribution in [3.05, 3.63) is 48.3 Å². The van der Waals surface area contributed by atoms with Crippen molar-refractivity contribution in [2.24, 2.45) is 0 Å². The molecule has 2 fully saturated rings. The quantitative estimate of drug-likeness (QED) is 0.779. The molecule has 2 atom stereocenters. The molecule has 0 amide bonds. The van der Waals surface area contributed by atoms with Crippen LogP contribution in [-0.4, -0.2) is 42.9 Å². The zero-order valence-corrected chi connectivity index (χ0v) is 12.2. The van der Waals surface area contributed by atoms with E-state index in [1.54, 1.807) is 18.2 Å². The zero-order chi connectivity index (χ0) is 14.7. The Morgan fingerprint density at radius 1 is 1.33 bits per heavy atom. The average Bonchev–Trinajstić information content (AvgIpc) is 2.45. The molecule has 1 aromatic carbocycles. The van der Waals surface area contributed by atoms with Gasteiger partial charge in [0.25, 0.3) is 0 Å². The summed E-state index contributed by atoms with van der Waals surface area (Å²) in [5, 5.41) is 0. The Kier molecular flexibility index (Phi) is 4.68. The predicted molar refractivity (Wildman–Crippen MR) is 79.5 cm³/mol. The van der Waals surface area contributed by atoms with Crippen LogP contribution in [0.15, 0.2) is 36.9 Å². The molecule has 0 spiro atoms. The molecule has 2 aliphatic heterocycles. The van der Waals surface area contributed by atoms with Gasteiger partial charge in [-0.25, -0.2) is 4.39 Å². The molecule has 0 aliphatic carbocycles. The minimum Gasteiger partial charge on any atom is -0.378 e. The van der Waals surface area contributed by atoms with Crippen molar-refractivity contribution in [2.75, 3.05) is 19.8 Å². The summed E-state index contributed by atoms with van der Waals surface area (Å²) in [5.74, 6) is -0.168. The van der Waals surface area contributed by atoms with Gasteiger partial charge >= 0.3 is 0 Å². The maximum atomic E-state index is 13.3. The van der Waals surface area contributed by atoms with E-state index in [-0.39, 0.29) is 11.9 Å². The van der Waals surface area contributed by atoms with Gasteiger partial charge in [0.1, 0.15) is 5.82 Å². The van der Waals surface area contributed by atoms with Crippen molar-refractivity contribution < 1.29 is 13.9 Å². The third-order valence-corrected chi connectivity index (χ3v) is 4.33. The Morgan fingerprint density at radius 2 is 2.10 bits per heavy atom. The van der Waals surface area contributed by atoms with Crippen LogP contribution in [-0.2, 0) is 16.0 Å². The number of halogens is 1. The van der Waals surface area contributed by atoms with Crippen molar-refractivity contribution in [3.63, 3.8) is 0 Å². The minimum absolute atomic E-state index is 0.168. The topological polar surface area (TPSA) is 21.7 Å². The van der Waals surface area contributed by atoms with Crippen LogP contribution in [0.3, 0.4) is 0 Å². The van der Waals surface area contributed by atoms with Crippen LogP contribution < -0.4 is 0 Å². The number of ether oxygens (including phenoxy) is 2. The molecule has 0 N–H and O–H groups in total. The highest BCUT2D eigenvalue weighted by atomic mass is 19.1. The summed E-state index contributed by atoms with van der Waals surface area (Å²) < 4.78 is 24.9. The second-order valence-electron chi connectivity index (χ2n) is 5.86. The Bertz CT molecular complexity index is 479. The lowest BCUT2D eigenvalue weighted by atomic mass is 9.91. The molecule has 4 heteroatoms. The number of hydrogen-bond donors (Lipinski definition) is 0. The molecule has 3 nitrogen and oxygen atoms in total. The third kappa shape index (κ3) is 3.51. The van der Waals surface area contributed by atoms with E-state index in [1.807, 2.05) is 6.07 Å².